The number of nitrogens with one attached hydrogen (secondary N) is 1. The zero-order valence-electron chi connectivity index (χ0n) is 11.7. The summed E-state index contributed by atoms with van der Waals surface area (Å²) in [6.45, 7) is 3.47. The molecule has 7 heteroatoms. The highest BCUT2D eigenvalue weighted by Gasteiger charge is 2.23. The van der Waals surface area contributed by atoms with E-state index in [1.54, 1.807) is 0 Å². The molecule has 2 saturated heterocycles. The second-order valence-electron chi connectivity index (χ2n) is 5.34. The van der Waals surface area contributed by atoms with Crippen molar-refractivity contribution in [2.75, 3.05) is 44.2 Å². The van der Waals surface area contributed by atoms with Crippen molar-refractivity contribution < 1.29 is 14.7 Å². The van der Waals surface area contributed by atoms with E-state index in [1.165, 1.54) is 12.2 Å². The van der Waals surface area contributed by atoms with Gasteiger partial charge in [-0.3, -0.25) is 9.69 Å². The first kappa shape index (κ1) is 15.4. The van der Waals surface area contributed by atoms with Gasteiger partial charge >= 0.3 is 12.0 Å². The lowest BCUT2D eigenvalue weighted by molar-refractivity contribution is -0.137. The van der Waals surface area contributed by atoms with E-state index in [2.05, 4.69) is 10.2 Å². The van der Waals surface area contributed by atoms with E-state index in [0.29, 0.717) is 25.7 Å². The number of carbonyl (C=O) groups is 2. The van der Waals surface area contributed by atoms with Crippen LogP contribution in [-0.4, -0.2) is 77.2 Å². The second-order valence-corrected chi connectivity index (χ2v) is 6.49. The SMILES string of the molecule is O=C(O)CCN1CCN(C(=O)NC2CCCSC2)CC1. The molecule has 0 aliphatic carbocycles. The van der Waals surface area contributed by atoms with E-state index in [-0.39, 0.29) is 12.5 Å². The van der Waals surface area contributed by atoms with E-state index < -0.39 is 5.97 Å². The Morgan fingerprint density at radius 3 is 2.60 bits per heavy atom. The predicted molar refractivity (Wildman–Crippen MR) is 79.1 cm³/mol. The van der Waals surface area contributed by atoms with E-state index in [1.807, 2.05) is 16.7 Å². The van der Waals surface area contributed by atoms with Crippen molar-refractivity contribution in [1.29, 1.82) is 0 Å². The quantitative estimate of drug-likeness (QED) is 0.799. The van der Waals surface area contributed by atoms with Gasteiger partial charge in [0.05, 0.1) is 6.42 Å². The fraction of sp³-hybridized carbons (Fsp3) is 0.846. The van der Waals surface area contributed by atoms with Gasteiger partial charge in [0.15, 0.2) is 0 Å². The Kier molecular flexibility index (Phi) is 5.97. The van der Waals surface area contributed by atoms with Crippen LogP contribution in [0.1, 0.15) is 19.3 Å². The monoisotopic (exact) mass is 301 g/mol. The number of aliphatic carboxylic acids is 1. The van der Waals surface area contributed by atoms with Gasteiger partial charge in [0, 0.05) is 44.5 Å². The first-order chi connectivity index (χ1) is 9.65. The van der Waals surface area contributed by atoms with Crippen LogP contribution in [0.4, 0.5) is 4.79 Å². The molecule has 1 atom stereocenters. The van der Waals surface area contributed by atoms with Gasteiger partial charge in [0.2, 0.25) is 0 Å². The van der Waals surface area contributed by atoms with Crippen molar-refractivity contribution in [3.63, 3.8) is 0 Å². The van der Waals surface area contributed by atoms with Crippen LogP contribution in [0.25, 0.3) is 0 Å². The molecule has 0 saturated carbocycles. The maximum absolute atomic E-state index is 12.1. The molecule has 2 N–H and O–H groups in total. The molecule has 6 nitrogen and oxygen atoms in total. The summed E-state index contributed by atoms with van der Waals surface area (Å²) in [5.41, 5.74) is 0. The highest BCUT2D eigenvalue weighted by molar-refractivity contribution is 7.99. The molecule has 0 bridgehead atoms. The molecule has 0 aromatic heterocycles. The number of thioether (sulfide) groups is 1. The minimum atomic E-state index is -0.764. The summed E-state index contributed by atoms with van der Waals surface area (Å²) >= 11 is 1.90. The van der Waals surface area contributed by atoms with E-state index in [9.17, 15) is 9.59 Å². The number of urea groups is 1. The number of piperazine rings is 1. The first-order valence-corrected chi connectivity index (χ1v) is 8.38. The summed E-state index contributed by atoms with van der Waals surface area (Å²) in [6.07, 6.45) is 2.43. The molecule has 114 valence electrons. The van der Waals surface area contributed by atoms with Crippen LogP contribution in [-0.2, 0) is 4.79 Å². The van der Waals surface area contributed by atoms with E-state index >= 15 is 0 Å². The van der Waals surface area contributed by atoms with Crippen molar-refractivity contribution in [2.45, 2.75) is 25.3 Å². The molecule has 1 unspecified atom stereocenters. The number of amides is 2. The first-order valence-electron chi connectivity index (χ1n) is 7.22. The van der Waals surface area contributed by atoms with Crippen LogP contribution in [0.5, 0.6) is 0 Å². The lowest BCUT2D eigenvalue weighted by atomic mass is 10.2. The van der Waals surface area contributed by atoms with Gasteiger partial charge in [-0.2, -0.15) is 11.8 Å². The van der Waals surface area contributed by atoms with Crippen LogP contribution < -0.4 is 5.32 Å². The Balaban J connectivity index is 1.67. The van der Waals surface area contributed by atoms with E-state index in [4.69, 9.17) is 5.11 Å². The highest BCUT2D eigenvalue weighted by atomic mass is 32.2. The lowest BCUT2D eigenvalue weighted by Gasteiger charge is -2.35. The average Bonchev–Trinajstić information content (AvgIpc) is 2.46. The van der Waals surface area contributed by atoms with Crippen LogP contribution in [0.2, 0.25) is 0 Å². The average molecular weight is 301 g/mol. The molecule has 20 heavy (non-hydrogen) atoms. The number of carboxylic acids is 1. The number of carbonyl (C=O) groups excluding carboxylic acids is 1. The van der Waals surface area contributed by atoms with Gasteiger partial charge < -0.3 is 15.3 Å². The van der Waals surface area contributed by atoms with Gasteiger partial charge in [-0.05, 0) is 18.6 Å². The summed E-state index contributed by atoms with van der Waals surface area (Å²) < 4.78 is 0. The minimum Gasteiger partial charge on any atom is -0.481 e. The Morgan fingerprint density at radius 1 is 1.25 bits per heavy atom. The Hall–Kier alpha value is -0.950. The molecule has 2 amide bonds. The second kappa shape index (κ2) is 7.73. The van der Waals surface area contributed by atoms with Crippen molar-refractivity contribution in [3.8, 4) is 0 Å². The minimum absolute atomic E-state index is 0.0374. The molecular formula is C13H23N3O3S. The molecule has 0 radical (unpaired) electrons. The fourth-order valence-electron chi connectivity index (χ4n) is 2.55. The summed E-state index contributed by atoms with van der Waals surface area (Å²) in [5, 5.41) is 11.8. The van der Waals surface area contributed by atoms with Gasteiger partial charge in [-0.15, -0.1) is 0 Å². The van der Waals surface area contributed by atoms with Gasteiger partial charge in [-0.25, -0.2) is 4.79 Å². The maximum Gasteiger partial charge on any atom is 0.317 e. The molecular weight excluding hydrogens is 278 g/mol. The molecule has 0 spiro atoms. The number of hydrogen-bond acceptors (Lipinski definition) is 4. The van der Waals surface area contributed by atoms with Crippen LogP contribution in [0.15, 0.2) is 0 Å². The Bertz CT molecular complexity index is 340. The number of rotatable bonds is 4. The largest absolute Gasteiger partial charge is 0.481 e. The van der Waals surface area contributed by atoms with E-state index in [0.717, 1.165) is 25.3 Å². The van der Waals surface area contributed by atoms with Crippen LogP contribution in [0.3, 0.4) is 0 Å². The molecule has 2 rings (SSSR count). The van der Waals surface area contributed by atoms with Crippen molar-refractivity contribution in [2.24, 2.45) is 0 Å². The highest BCUT2D eigenvalue weighted by Crippen LogP contribution is 2.17. The Labute approximate surface area is 123 Å². The fourth-order valence-corrected chi connectivity index (χ4v) is 3.62. The standard InChI is InChI=1S/C13H23N3O3S/c17-12(18)3-4-15-5-7-16(8-6-15)13(19)14-11-2-1-9-20-10-11/h11H,1-10H2,(H,14,19)(H,17,18). The van der Waals surface area contributed by atoms with Crippen LogP contribution in [0, 0.1) is 0 Å². The molecule has 2 fully saturated rings. The maximum atomic E-state index is 12.1. The summed E-state index contributed by atoms with van der Waals surface area (Å²) in [7, 11) is 0. The number of nitrogens with zero attached hydrogens (tertiary/aromatic N) is 2. The predicted octanol–water partition coefficient (Wildman–Crippen LogP) is 0.684. The molecule has 2 aliphatic rings. The smallest absolute Gasteiger partial charge is 0.317 e. The third-order valence-corrected chi connectivity index (χ3v) is 5.00. The lowest BCUT2D eigenvalue weighted by Crippen LogP contribution is -2.54. The molecule has 0 aromatic carbocycles. The van der Waals surface area contributed by atoms with Crippen molar-refractivity contribution >= 4 is 23.8 Å². The van der Waals surface area contributed by atoms with Gasteiger partial charge in [-0.1, -0.05) is 0 Å². The molecule has 2 aliphatic heterocycles. The number of hydrogen-bond donors (Lipinski definition) is 2. The van der Waals surface area contributed by atoms with Crippen molar-refractivity contribution in [1.82, 2.24) is 15.1 Å². The van der Waals surface area contributed by atoms with Gasteiger partial charge in [0.1, 0.15) is 0 Å². The summed E-state index contributed by atoms with van der Waals surface area (Å²) in [4.78, 5) is 26.6. The summed E-state index contributed by atoms with van der Waals surface area (Å²) in [5.74, 6) is 1.46. The number of carboxylic acid groups (broad SMARTS) is 1. The van der Waals surface area contributed by atoms with Crippen molar-refractivity contribution in [3.05, 3.63) is 0 Å². The third kappa shape index (κ3) is 4.86. The van der Waals surface area contributed by atoms with Crippen LogP contribution >= 0.6 is 11.8 Å². The topological polar surface area (TPSA) is 72.9 Å². The zero-order chi connectivity index (χ0) is 14.4. The molecule has 2 heterocycles. The zero-order valence-corrected chi connectivity index (χ0v) is 12.5. The molecule has 0 aromatic rings. The third-order valence-electron chi connectivity index (χ3n) is 3.79. The normalized spacial score (nSPS) is 24.4. The summed E-state index contributed by atoms with van der Waals surface area (Å²) in [6, 6.07) is 0.349. The Morgan fingerprint density at radius 2 is 2.00 bits per heavy atom. The van der Waals surface area contributed by atoms with Gasteiger partial charge in [0.25, 0.3) is 0 Å².